The molecule has 0 atom stereocenters. The monoisotopic (exact) mass is 585 g/mol. The lowest BCUT2D eigenvalue weighted by Gasteiger charge is -2.19. The predicted octanol–water partition coefficient (Wildman–Crippen LogP) is 6.04. The highest BCUT2D eigenvalue weighted by Gasteiger charge is 2.13. The lowest BCUT2D eigenvalue weighted by atomic mass is 10.1. The molecule has 2 aromatic heterocycles. The van der Waals surface area contributed by atoms with Gasteiger partial charge in [-0.15, -0.1) is 11.3 Å². The molecule has 34 heavy (non-hydrogen) atoms. The fraction of sp³-hybridized carbons (Fsp3) is 0.333. The second-order valence-electron chi connectivity index (χ2n) is 8.29. The number of rotatable bonds is 11. The van der Waals surface area contributed by atoms with Crippen LogP contribution in [-0.4, -0.2) is 44.3 Å². The van der Waals surface area contributed by atoms with Gasteiger partial charge >= 0.3 is 0 Å². The van der Waals surface area contributed by atoms with Gasteiger partial charge in [-0.1, -0.05) is 66.8 Å². The zero-order chi connectivity index (χ0) is 23.9. The number of nitrogens with zero attached hydrogens (tertiary/aromatic N) is 4. The summed E-state index contributed by atoms with van der Waals surface area (Å²) in [6.07, 6.45) is 1.93. The molecule has 0 unspecified atom stereocenters. The first-order valence-corrected chi connectivity index (χ1v) is 14.2. The average Bonchev–Trinajstić information content (AvgIpc) is 3.50. The molecule has 0 radical (unpaired) electrons. The first-order valence-electron chi connectivity index (χ1n) is 11.8. The van der Waals surface area contributed by atoms with E-state index in [1.54, 1.807) is 11.3 Å². The van der Waals surface area contributed by atoms with Crippen LogP contribution in [0.1, 0.15) is 35.7 Å². The Morgan fingerprint density at radius 1 is 1.09 bits per heavy atom. The maximum atomic E-state index is 6.23. The van der Waals surface area contributed by atoms with Crippen LogP contribution in [0, 0.1) is 0 Å². The van der Waals surface area contributed by atoms with Crippen molar-refractivity contribution in [3.63, 3.8) is 0 Å². The molecule has 0 aliphatic rings. The van der Waals surface area contributed by atoms with Gasteiger partial charge in [0.1, 0.15) is 11.7 Å². The molecule has 0 aliphatic carbocycles. The van der Waals surface area contributed by atoms with Crippen molar-refractivity contribution in [3.8, 4) is 0 Å². The summed E-state index contributed by atoms with van der Waals surface area (Å²) in [5.41, 5.74) is 11.9. The van der Waals surface area contributed by atoms with E-state index in [1.165, 1.54) is 11.1 Å². The minimum Gasteiger partial charge on any atom is -0.383 e. The number of halogens is 1. The zero-order valence-electron chi connectivity index (χ0n) is 19.9. The van der Waals surface area contributed by atoms with Gasteiger partial charge in [0.25, 0.3) is 0 Å². The van der Waals surface area contributed by atoms with Crippen LogP contribution >= 0.6 is 33.9 Å². The van der Waals surface area contributed by atoms with Crippen molar-refractivity contribution in [1.82, 2.24) is 14.5 Å². The standard InChI is InChI=1S/C27H32IN5S/c1-3-32(4-2)15-16-33-24-12-11-22(30-27(29)25-6-5-17-34-25)19-23(24)31-26(33)18-21-9-7-20(8-10-21)13-14-28/h5-12,17,19H,3-4,13-16,18H2,1-2H3,(H2,29,30). The Balaban J connectivity index is 1.66. The fourth-order valence-corrected chi connectivity index (χ4v) is 5.39. The summed E-state index contributed by atoms with van der Waals surface area (Å²) in [6.45, 7) is 8.47. The summed E-state index contributed by atoms with van der Waals surface area (Å²) in [5.74, 6) is 1.64. The fourth-order valence-electron chi connectivity index (χ4n) is 4.14. The maximum Gasteiger partial charge on any atom is 0.141 e. The molecule has 4 aromatic rings. The highest BCUT2D eigenvalue weighted by molar-refractivity contribution is 14.1. The minimum atomic E-state index is 0.544. The van der Waals surface area contributed by atoms with Crippen molar-refractivity contribution < 1.29 is 0 Å². The van der Waals surface area contributed by atoms with Crippen LogP contribution in [0.2, 0.25) is 0 Å². The lowest BCUT2D eigenvalue weighted by Crippen LogP contribution is -2.27. The van der Waals surface area contributed by atoms with Gasteiger partial charge in [-0.3, -0.25) is 0 Å². The van der Waals surface area contributed by atoms with Gasteiger partial charge in [-0.25, -0.2) is 9.98 Å². The average molecular weight is 586 g/mol. The van der Waals surface area contributed by atoms with Crippen molar-refractivity contribution in [2.45, 2.75) is 33.2 Å². The van der Waals surface area contributed by atoms with E-state index in [-0.39, 0.29) is 0 Å². The van der Waals surface area contributed by atoms with E-state index >= 15 is 0 Å². The zero-order valence-corrected chi connectivity index (χ0v) is 22.8. The van der Waals surface area contributed by atoms with Crippen molar-refractivity contribution in [1.29, 1.82) is 0 Å². The van der Waals surface area contributed by atoms with Crippen LogP contribution in [0.25, 0.3) is 11.0 Å². The van der Waals surface area contributed by atoms with Gasteiger partial charge in [0.15, 0.2) is 0 Å². The molecule has 2 heterocycles. The van der Waals surface area contributed by atoms with E-state index in [4.69, 9.17) is 10.7 Å². The Kier molecular flexibility index (Phi) is 8.74. The number of alkyl halides is 1. The highest BCUT2D eigenvalue weighted by Crippen LogP contribution is 2.25. The lowest BCUT2D eigenvalue weighted by molar-refractivity contribution is 0.291. The van der Waals surface area contributed by atoms with Gasteiger partial charge in [0, 0.05) is 23.9 Å². The van der Waals surface area contributed by atoms with E-state index < -0.39 is 0 Å². The Labute approximate surface area is 219 Å². The number of aromatic nitrogens is 2. The summed E-state index contributed by atoms with van der Waals surface area (Å²) in [4.78, 5) is 13.1. The molecule has 2 N–H and O–H groups in total. The summed E-state index contributed by atoms with van der Waals surface area (Å²) in [5, 5.41) is 2.01. The number of amidine groups is 1. The molecule has 2 aromatic carbocycles. The van der Waals surface area contributed by atoms with E-state index in [0.29, 0.717) is 5.84 Å². The largest absolute Gasteiger partial charge is 0.383 e. The second kappa shape index (κ2) is 12.0. The van der Waals surface area contributed by atoms with Crippen LogP contribution in [-0.2, 0) is 19.4 Å². The third-order valence-electron chi connectivity index (χ3n) is 6.14. The summed E-state index contributed by atoms with van der Waals surface area (Å²) >= 11 is 4.03. The van der Waals surface area contributed by atoms with Crippen LogP contribution in [0.4, 0.5) is 5.69 Å². The number of aryl methyl sites for hydroxylation is 1. The smallest absolute Gasteiger partial charge is 0.141 e. The molecule has 0 bridgehead atoms. The molecular formula is C27H32IN5S. The van der Waals surface area contributed by atoms with E-state index in [9.17, 15) is 0 Å². The number of likely N-dealkylation sites (N-methyl/N-ethyl adjacent to an activating group) is 1. The molecule has 178 valence electrons. The normalized spacial score (nSPS) is 12.2. The van der Waals surface area contributed by atoms with Crippen LogP contribution < -0.4 is 5.73 Å². The van der Waals surface area contributed by atoms with Gasteiger partial charge in [0.05, 0.1) is 21.6 Å². The number of imidazole rings is 1. The van der Waals surface area contributed by atoms with Crippen LogP contribution in [0.5, 0.6) is 0 Å². The SMILES string of the molecule is CCN(CC)CCn1c(Cc2ccc(CCI)cc2)nc2cc(N=C(N)c3cccs3)ccc21. The Bertz CT molecular complexity index is 1220. The van der Waals surface area contributed by atoms with Gasteiger partial charge in [-0.2, -0.15) is 0 Å². The van der Waals surface area contributed by atoms with Crippen molar-refractivity contribution in [2.75, 3.05) is 24.1 Å². The number of aliphatic imine (C=N–C) groups is 1. The Hall–Kier alpha value is -2.23. The van der Waals surface area contributed by atoms with Gasteiger partial charge < -0.3 is 15.2 Å². The highest BCUT2D eigenvalue weighted by atomic mass is 127. The Morgan fingerprint density at radius 2 is 1.85 bits per heavy atom. The van der Waals surface area contributed by atoms with Crippen molar-refractivity contribution >= 4 is 56.5 Å². The summed E-state index contributed by atoms with van der Waals surface area (Å²) < 4.78 is 3.52. The maximum absolute atomic E-state index is 6.23. The molecule has 4 rings (SSSR count). The van der Waals surface area contributed by atoms with E-state index in [1.807, 2.05) is 23.6 Å². The number of benzene rings is 2. The van der Waals surface area contributed by atoms with Crippen LogP contribution in [0.15, 0.2) is 65.0 Å². The van der Waals surface area contributed by atoms with Crippen LogP contribution in [0.3, 0.4) is 0 Å². The van der Waals surface area contributed by atoms with E-state index in [2.05, 4.69) is 87.3 Å². The third kappa shape index (κ3) is 6.06. The molecule has 5 nitrogen and oxygen atoms in total. The number of thiophene rings is 1. The summed E-state index contributed by atoms with van der Waals surface area (Å²) in [6, 6.07) is 19.2. The molecule has 0 aliphatic heterocycles. The third-order valence-corrected chi connectivity index (χ3v) is 7.57. The topological polar surface area (TPSA) is 59.4 Å². The molecular weight excluding hydrogens is 553 g/mol. The number of nitrogens with two attached hydrogens (primary N) is 1. The molecule has 0 fully saturated rings. The molecule has 0 amide bonds. The minimum absolute atomic E-state index is 0.544. The van der Waals surface area contributed by atoms with Crippen molar-refractivity contribution in [3.05, 3.63) is 81.8 Å². The first-order chi connectivity index (χ1) is 16.6. The molecule has 0 spiro atoms. The van der Waals surface area contributed by atoms with Crippen molar-refractivity contribution in [2.24, 2.45) is 10.7 Å². The van der Waals surface area contributed by atoms with Gasteiger partial charge in [-0.05, 0) is 60.3 Å². The number of hydrogen-bond donors (Lipinski definition) is 1. The number of fused-ring (bicyclic) bond motifs is 1. The molecule has 7 heteroatoms. The quantitative estimate of drug-likeness (QED) is 0.101. The predicted molar refractivity (Wildman–Crippen MR) is 154 cm³/mol. The van der Waals surface area contributed by atoms with E-state index in [0.717, 1.165) is 70.9 Å². The Morgan fingerprint density at radius 3 is 2.53 bits per heavy atom. The first kappa shape index (κ1) is 24.9. The molecule has 0 saturated carbocycles. The second-order valence-corrected chi connectivity index (χ2v) is 10.3. The number of hydrogen-bond acceptors (Lipinski definition) is 4. The van der Waals surface area contributed by atoms with Gasteiger partial charge in [0.2, 0.25) is 0 Å². The molecule has 0 saturated heterocycles. The summed E-state index contributed by atoms with van der Waals surface area (Å²) in [7, 11) is 0.